The van der Waals surface area contributed by atoms with Gasteiger partial charge in [-0.1, -0.05) is 6.92 Å². The molecule has 0 aliphatic carbocycles. The van der Waals surface area contributed by atoms with Gasteiger partial charge in [-0.2, -0.15) is 0 Å². The van der Waals surface area contributed by atoms with E-state index < -0.39 is 8.32 Å². The Labute approximate surface area is 62.7 Å². The van der Waals surface area contributed by atoms with Gasteiger partial charge in [0.15, 0.2) is 0 Å². The second-order valence-electron chi connectivity index (χ2n) is 3.75. The molecule has 0 aromatic rings. The standard InChI is InChI=1S/C7H14O2Si/c1-6-4-7(8)9-10(2,3)5-6/h6H,4-5H2,1-3H3. The van der Waals surface area contributed by atoms with Crippen molar-refractivity contribution in [1.29, 1.82) is 0 Å². The molecule has 0 N–H and O–H groups in total. The Balaban J connectivity index is 2.59. The molecule has 1 fully saturated rings. The van der Waals surface area contributed by atoms with Crippen LogP contribution in [0.1, 0.15) is 13.3 Å². The first-order valence-electron chi connectivity index (χ1n) is 3.71. The van der Waals surface area contributed by atoms with Crippen LogP contribution in [0.4, 0.5) is 0 Å². The second kappa shape index (κ2) is 2.38. The molecule has 1 atom stereocenters. The molecule has 1 aliphatic heterocycles. The van der Waals surface area contributed by atoms with Crippen molar-refractivity contribution in [2.75, 3.05) is 0 Å². The minimum absolute atomic E-state index is 0.00965. The summed E-state index contributed by atoms with van der Waals surface area (Å²) >= 11 is 0. The Hall–Kier alpha value is -0.313. The summed E-state index contributed by atoms with van der Waals surface area (Å²) in [6.45, 7) is 6.32. The maximum Gasteiger partial charge on any atom is 0.292 e. The highest BCUT2D eigenvalue weighted by molar-refractivity contribution is 6.73. The van der Waals surface area contributed by atoms with Gasteiger partial charge in [0.1, 0.15) is 0 Å². The van der Waals surface area contributed by atoms with Crippen molar-refractivity contribution in [2.24, 2.45) is 5.92 Å². The summed E-state index contributed by atoms with van der Waals surface area (Å²) in [5, 5.41) is 0. The van der Waals surface area contributed by atoms with E-state index in [9.17, 15) is 4.79 Å². The molecule has 0 saturated carbocycles. The molecule has 0 spiro atoms. The minimum Gasteiger partial charge on any atom is -0.520 e. The monoisotopic (exact) mass is 158 g/mol. The highest BCUT2D eigenvalue weighted by Gasteiger charge is 2.34. The minimum atomic E-state index is -1.57. The average Bonchev–Trinajstić information content (AvgIpc) is 1.54. The molecule has 2 nitrogen and oxygen atoms in total. The Bertz CT molecular complexity index is 154. The molecule has 1 unspecified atom stereocenters. The fraction of sp³-hybridized carbons (Fsp3) is 0.857. The molecule has 58 valence electrons. The summed E-state index contributed by atoms with van der Waals surface area (Å²) in [5.74, 6) is 0.554. The smallest absolute Gasteiger partial charge is 0.292 e. The molecule has 0 aromatic heterocycles. The zero-order chi connectivity index (χ0) is 7.78. The van der Waals surface area contributed by atoms with E-state index in [0.717, 1.165) is 6.04 Å². The number of hydrogen-bond donors (Lipinski definition) is 0. The summed E-state index contributed by atoms with van der Waals surface area (Å²) in [7, 11) is -1.57. The molecular formula is C7H14O2Si. The van der Waals surface area contributed by atoms with E-state index in [1.165, 1.54) is 0 Å². The van der Waals surface area contributed by atoms with Crippen LogP contribution >= 0.6 is 0 Å². The van der Waals surface area contributed by atoms with Gasteiger partial charge >= 0.3 is 0 Å². The number of rotatable bonds is 0. The molecular weight excluding hydrogens is 144 g/mol. The first-order chi connectivity index (χ1) is 4.49. The lowest BCUT2D eigenvalue weighted by Crippen LogP contribution is -2.40. The van der Waals surface area contributed by atoms with Crippen LogP contribution in [-0.2, 0) is 9.22 Å². The molecule has 0 amide bonds. The zero-order valence-electron chi connectivity index (χ0n) is 6.81. The second-order valence-corrected chi connectivity index (χ2v) is 7.88. The number of carbonyl (C=O) groups excluding carboxylic acids is 1. The quantitative estimate of drug-likeness (QED) is 0.502. The molecule has 3 heteroatoms. The Kier molecular flexibility index (Phi) is 1.85. The Morgan fingerprint density at radius 3 is 2.60 bits per heavy atom. The molecule has 0 aromatic carbocycles. The van der Waals surface area contributed by atoms with E-state index in [2.05, 4.69) is 20.0 Å². The van der Waals surface area contributed by atoms with Crippen molar-refractivity contribution >= 4 is 14.3 Å². The normalized spacial score (nSPS) is 31.5. The van der Waals surface area contributed by atoms with Gasteiger partial charge < -0.3 is 4.43 Å². The number of hydrogen-bond acceptors (Lipinski definition) is 2. The molecule has 0 radical (unpaired) electrons. The van der Waals surface area contributed by atoms with Crippen molar-refractivity contribution < 1.29 is 9.22 Å². The van der Waals surface area contributed by atoms with Gasteiger partial charge in [0.2, 0.25) is 8.32 Å². The lowest BCUT2D eigenvalue weighted by atomic mass is 10.1. The highest BCUT2D eigenvalue weighted by Crippen LogP contribution is 2.26. The predicted molar refractivity (Wildman–Crippen MR) is 42.2 cm³/mol. The van der Waals surface area contributed by atoms with E-state index in [0.29, 0.717) is 12.3 Å². The average molecular weight is 158 g/mol. The van der Waals surface area contributed by atoms with Crippen LogP contribution < -0.4 is 0 Å². The topological polar surface area (TPSA) is 26.3 Å². The summed E-state index contributed by atoms with van der Waals surface area (Å²) in [6.07, 6.45) is 0.621. The van der Waals surface area contributed by atoms with Crippen LogP contribution in [0.15, 0.2) is 0 Å². The van der Waals surface area contributed by atoms with Gasteiger partial charge in [-0.3, -0.25) is 4.79 Å². The van der Waals surface area contributed by atoms with Crippen LogP contribution in [0.3, 0.4) is 0 Å². The van der Waals surface area contributed by atoms with E-state index >= 15 is 0 Å². The number of carbonyl (C=O) groups is 1. The van der Waals surface area contributed by atoms with Crippen LogP contribution in [0, 0.1) is 5.92 Å². The van der Waals surface area contributed by atoms with Crippen molar-refractivity contribution in [1.82, 2.24) is 0 Å². The molecule has 1 rings (SSSR count). The largest absolute Gasteiger partial charge is 0.520 e. The van der Waals surface area contributed by atoms with Crippen molar-refractivity contribution in [3.63, 3.8) is 0 Å². The summed E-state index contributed by atoms with van der Waals surface area (Å²) in [5.41, 5.74) is 0. The molecule has 1 aliphatic rings. The van der Waals surface area contributed by atoms with E-state index in [-0.39, 0.29) is 5.97 Å². The first-order valence-corrected chi connectivity index (χ1v) is 6.83. The van der Waals surface area contributed by atoms with Gasteiger partial charge in [0, 0.05) is 6.42 Å². The summed E-state index contributed by atoms with van der Waals surface area (Å²) in [6, 6.07) is 1.12. The summed E-state index contributed by atoms with van der Waals surface area (Å²) in [4.78, 5) is 10.9. The van der Waals surface area contributed by atoms with Crippen LogP contribution in [-0.4, -0.2) is 14.3 Å². The van der Waals surface area contributed by atoms with Crippen molar-refractivity contribution in [3.05, 3.63) is 0 Å². The third kappa shape index (κ3) is 1.83. The third-order valence-corrected chi connectivity index (χ3v) is 4.21. The molecule has 10 heavy (non-hydrogen) atoms. The maximum atomic E-state index is 10.9. The SMILES string of the molecule is CC1CC(=O)O[Si](C)(C)C1. The van der Waals surface area contributed by atoms with Crippen molar-refractivity contribution in [3.8, 4) is 0 Å². The molecule has 1 saturated heterocycles. The van der Waals surface area contributed by atoms with E-state index in [1.807, 2.05) is 0 Å². The van der Waals surface area contributed by atoms with E-state index in [1.54, 1.807) is 0 Å². The molecule has 1 heterocycles. The Morgan fingerprint density at radius 2 is 2.20 bits per heavy atom. The Morgan fingerprint density at radius 1 is 1.60 bits per heavy atom. The fourth-order valence-electron chi connectivity index (χ4n) is 1.59. The third-order valence-electron chi connectivity index (χ3n) is 1.75. The van der Waals surface area contributed by atoms with Gasteiger partial charge in [-0.05, 0) is 25.1 Å². The van der Waals surface area contributed by atoms with Crippen LogP contribution in [0.2, 0.25) is 19.1 Å². The lowest BCUT2D eigenvalue weighted by molar-refractivity contribution is -0.137. The van der Waals surface area contributed by atoms with Gasteiger partial charge in [-0.15, -0.1) is 0 Å². The van der Waals surface area contributed by atoms with Gasteiger partial charge in [-0.25, -0.2) is 0 Å². The van der Waals surface area contributed by atoms with Crippen LogP contribution in [0.5, 0.6) is 0 Å². The highest BCUT2D eigenvalue weighted by atomic mass is 28.4. The van der Waals surface area contributed by atoms with Crippen LogP contribution in [0.25, 0.3) is 0 Å². The molecule has 0 bridgehead atoms. The zero-order valence-corrected chi connectivity index (χ0v) is 7.81. The first kappa shape index (κ1) is 7.79. The predicted octanol–water partition coefficient (Wildman–Crippen LogP) is 1.77. The maximum absolute atomic E-state index is 10.9. The lowest BCUT2D eigenvalue weighted by Gasteiger charge is -2.30. The van der Waals surface area contributed by atoms with Gasteiger partial charge in [0.05, 0.1) is 0 Å². The fourth-order valence-corrected chi connectivity index (χ4v) is 4.19. The van der Waals surface area contributed by atoms with Crippen molar-refractivity contribution in [2.45, 2.75) is 32.5 Å². The van der Waals surface area contributed by atoms with E-state index in [4.69, 9.17) is 4.43 Å². The van der Waals surface area contributed by atoms with Gasteiger partial charge in [0.25, 0.3) is 5.97 Å². The summed E-state index contributed by atoms with van der Waals surface area (Å²) < 4.78 is 5.24.